The summed E-state index contributed by atoms with van der Waals surface area (Å²) >= 11 is 2.02. The van der Waals surface area contributed by atoms with Gasteiger partial charge in [0.25, 0.3) is 0 Å². The van der Waals surface area contributed by atoms with Gasteiger partial charge in [-0.25, -0.2) is 0 Å². The third-order valence-corrected chi connectivity index (χ3v) is 3.13. The Bertz CT molecular complexity index is 157. The molecule has 0 aromatic heterocycles. The van der Waals surface area contributed by atoms with E-state index in [0.29, 0.717) is 0 Å². The zero-order chi connectivity index (χ0) is 13.3. The number of rotatable bonds is 0. The van der Waals surface area contributed by atoms with Crippen LogP contribution in [0.5, 0.6) is 0 Å². The molecule has 0 radical (unpaired) electrons. The van der Waals surface area contributed by atoms with Crippen molar-refractivity contribution in [3.05, 3.63) is 24.3 Å². The van der Waals surface area contributed by atoms with Crippen LogP contribution in [0.4, 0.5) is 0 Å². The van der Waals surface area contributed by atoms with Gasteiger partial charge in [0.2, 0.25) is 0 Å². The maximum atomic E-state index is 4.53. The SMILES string of the molecule is [C-]1=CCCCCCC1.[C-]1=CCCCCCC1.[Cl][Rh+2]. The van der Waals surface area contributed by atoms with Gasteiger partial charge in [0.15, 0.2) is 0 Å². The topological polar surface area (TPSA) is 0 Å². The predicted octanol–water partition coefficient (Wildman–Crippen LogP) is 6.09. The van der Waals surface area contributed by atoms with Gasteiger partial charge in [-0.1, -0.05) is 64.2 Å². The molecule has 2 rings (SSSR count). The molecule has 0 saturated carbocycles. The minimum atomic E-state index is 1.19. The Morgan fingerprint density at radius 2 is 1.00 bits per heavy atom. The van der Waals surface area contributed by atoms with Crippen LogP contribution in [0, 0.1) is 12.2 Å². The number of hydrogen-bond acceptors (Lipinski definition) is 0. The summed E-state index contributed by atoms with van der Waals surface area (Å²) in [6.45, 7) is 0. The molecule has 0 fully saturated rings. The van der Waals surface area contributed by atoms with E-state index in [-0.39, 0.29) is 0 Å². The molecule has 2 aliphatic carbocycles. The van der Waals surface area contributed by atoms with Gasteiger partial charge in [-0.3, -0.25) is 12.2 Å². The molecule has 106 valence electrons. The first-order chi connectivity index (χ1) is 9.00. The summed E-state index contributed by atoms with van der Waals surface area (Å²) in [5.41, 5.74) is 0. The molecule has 2 aliphatic rings. The average Bonchev–Trinajstić information content (AvgIpc) is 2.30. The van der Waals surface area contributed by atoms with Crippen molar-refractivity contribution in [2.24, 2.45) is 0 Å². The zero-order valence-corrected chi connectivity index (χ0v) is 13.7. The molecule has 0 saturated heterocycles. The van der Waals surface area contributed by atoms with E-state index in [1.165, 1.54) is 77.0 Å². The molecule has 0 spiro atoms. The monoisotopic (exact) mass is 356 g/mol. The fourth-order valence-electron chi connectivity index (χ4n) is 2.06. The minimum absolute atomic E-state index is 1.19. The van der Waals surface area contributed by atoms with E-state index in [9.17, 15) is 0 Å². The molecule has 0 atom stereocenters. The van der Waals surface area contributed by atoms with Crippen molar-refractivity contribution in [1.82, 2.24) is 0 Å². The van der Waals surface area contributed by atoms with Crippen molar-refractivity contribution in [3.63, 3.8) is 0 Å². The van der Waals surface area contributed by atoms with Crippen LogP contribution < -0.4 is 0 Å². The van der Waals surface area contributed by atoms with Crippen molar-refractivity contribution in [2.75, 3.05) is 0 Å². The van der Waals surface area contributed by atoms with Gasteiger partial charge in [0.1, 0.15) is 0 Å². The molecule has 0 unspecified atom stereocenters. The van der Waals surface area contributed by atoms with E-state index in [1.54, 1.807) is 0 Å². The van der Waals surface area contributed by atoms with E-state index in [4.69, 9.17) is 0 Å². The Morgan fingerprint density at radius 1 is 0.611 bits per heavy atom. The van der Waals surface area contributed by atoms with E-state index in [1.807, 2.05) is 17.3 Å². The average molecular weight is 357 g/mol. The van der Waals surface area contributed by atoms with Crippen LogP contribution in [0.2, 0.25) is 0 Å². The molecule has 0 aliphatic heterocycles. The Morgan fingerprint density at radius 3 is 1.44 bits per heavy atom. The molecule has 18 heavy (non-hydrogen) atoms. The van der Waals surface area contributed by atoms with Crippen LogP contribution in [0.15, 0.2) is 12.2 Å². The van der Waals surface area contributed by atoms with Crippen LogP contribution in [0.3, 0.4) is 0 Å². The summed E-state index contributed by atoms with van der Waals surface area (Å²) in [6, 6.07) is 0. The Balaban J connectivity index is 0.000000283. The van der Waals surface area contributed by atoms with Gasteiger partial charge < -0.3 is 12.2 Å². The van der Waals surface area contributed by atoms with Gasteiger partial charge in [0.05, 0.1) is 0 Å². The van der Waals surface area contributed by atoms with Crippen LogP contribution in [0.1, 0.15) is 77.0 Å². The normalized spacial score (nSPS) is 19.9. The fourth-order valence-corrected chi connectivity index (χ4v) is 2.06. The zero-order valence-electron chi connectivity index (χ0n) is 11.4. The number of halogens is 1. The van der Waals surface area contributed by atoms with Crippen LogP contribution >= 0.6 is 9.69 Å². The van der Waals surface area contributed by atoms with Crippen LogP contribution in [-0.4, -0.2) is 0 Å². The molecular formula is C16H26ClRh. The van der Waals surface area contributed by atoms with Gasteiger partial charge in [-0.15, -0.1) is 0 Å². The standard InChI is InChI=1S/2C8H13.ClH.Rh/c2*1-2-4-6-8-7-5-3-1;;/h2*1H,2,4-8H2;1H;/q2*-1;;+3/p-1. The summed E-state index contributed by atoms with van der Waals surface area (Å²) < 4.78 is 0. The molecule has 0 nitrogen and oxygen atoms in total. The quantitative estimate of drug-likeness (QED) is 0.364. The van der Waals surface area contributed by atoms with Gasteiger partial charge in [0, 0.05) is 0 Å². The molecule has 0 bridgehead atoms. The Kier molecular flexibility index (Phi) is 17.8. The third kappa shape index (κ3) is 14.5. The first kappa shape index (κ1) is 18.4. The van der Waals surface area contributed by atoms with Crippen LogP contribution in [0.25, 0.3) is 0 Å². The summed E-state index contributed by atoms with van der Waals surface area (Å²) in [4.78, 5) is 0. The Hall–Kier alpha value is 0.393. The number of hydrogen-bond donors (Lipinski definition) is 0. The first-order valence-electron chi connectivity index (χ1n) is 7.23. The first-order valence-corrected chi connectivity index (χ1v) is 9.34. The van der Waals surface area contributed by atoms with Crippen molar-refractivity contribution in [2.45, 2.75) is 77.0 Å². The van der Waals surface area contributed by atoms with E-state index >= 15 is 0 Å². The van der Waals surface area contributed by atoms with Gasteiger partial charge in [-0.05, 0) is 0 Å². The second kappa shape index (κ2) is 17.4. The van der Waals surface area contributed by atoms with Crippen molar-refractivity contribution in [3.8, 4) is 0 Å². The fraction of sp³-hybridized carbons (Fsp3) is 0.750. The van der Waals surface area contributed by atoms with Gasteiger partial charge in [-0.2, -0.15) is 12.8 Å². The summed E-state index contributed by atoms with van der Waals surface area (Å²) in [7, 11) is 4.53. The predicted molar refractivity (Wildman–Crippen MR) is 76.9 cm³/mol. The molecular weight excluding hydrogens is 331 g/mol. The van der Waals surface area contributed by atoms with Crippen molar-refractivity contribution in [1.29, 1.82) is 0 Å². The maximum absolute atomic E-state index is 4.53. The molecule has 0 aromatic carbocycles. The molecule has 0 aromatic rings. The summed E-state index contributed by atoms with van der Waals surface area (Å²) in [5, 5.41) is 0. The van der Waals surface area contributed by atoms with E-state index < -0.39 is 0 Å². The second-order valence-corrected chi connectivity index (χ2v) is 4.72. The number of allylic oxidation sites excluding steroid dienone is 4. The molecule has 2 heteroatoms. The summed E-state index contributed by atoms with van der Waals surface area (Å²) in [5.74, 6) is 0. The van der Waals surface area contributed by atoms with E-state index in [2.05, 4.69) is 34.0 Å². The van der Waals surface area contributed by atoms with Crippen molar-refractivity contribution >= 4 is 9.69 Å². The molecule has 0 N–H and O–H groups in total. The second-order valence-electron chi connectivity index (χ2n) is 4.72. The summed E-state index contributed by atoms with van der Waals surface area (Å²) in [6.07, 6.45) is 27.0. The molecule has 0 amide bonds. The van der Waals surface area contributed by atoms with E-state index in [0.717, 1.165) is 0 Å². The van der Waals surface area contributed by atoms with Gasteiger partial charge >= 0.3 is 27.0 Å². The Labute approximate surface area is 128 Å². The van der Waals surface area contributed by atoms with Crippen molar-refractivity contribution < 1.29 is 17.3 Å². The van der Waals surface area contributed by atoms with Crippen LogP contribution in [-0.2, 0) is 17.3 Å². The third-order valence-electron chi connectivity index (χ3n) is 3.13. The molecule has 0 heterocycles.